The lowest BCUT2D eigenvalue weighted by molar-refractivity contribution is 0.0266. The number of pyridine rings is 1. The van der Waals surface area contributed by atoms with E-state index in [0.717, 1.165) is 36.8 Å². The van der Waals surface area contributed by atoms with E-state index in [1.165, 1.54) is 0 Å². The van der Waals surface area contributed by atoms with Gasteiger partial charge >= 0.3 is 5.97 Å². The molecule has 2 aromatic heterocycles. The lowest BCUT2D eigenvalue weighted by Gasteiger charge is -2.20. The van der Waals surface area contributed by atoms with Gasteiger partial charge in [0.25, 0.3) is 5.89 Å². The maximum Gasteiger partial charge on any atom is 0.342 e. The molecule has 0 radical (unpaired) electrons. The monoisotopic (exact) mass is 352 g/mol. The van der Waals surface area contributed by atoms with Crippen molar-refractivity contribution in [1.82, 2.24) is 15.1 Å². The first-order valence-corrected chi connectivity index (χ1v) is 8.78. The molecule has 7 heteroatoms. The number of rotatable bonds is 4. The summed E-state index contributed by atoms with van der Waals surface area (Å²) in [4.78, 5) is 23.9. The average Bonchev–Trinajstić information content (AvgIpc) is 3.32. The van der Waals surface area contributed by atoms with E-state index >= 15 is 0 Å². The molecule has 1 saturated heterocycles. The highest BCUT2D eigenvalue weighted by Gasteiger charge is 2.25. The Balaban J connectivity index is 1.68. The Morgan fingerprint density at radius 1 is 1.23 bits per heavy atom. The van der Waals surface area contributed by atoms with Crippen LogP contribution in [0.1, 0.15) is 47.9 Å². The number of benzene rings is 1. The second-order valence-electron chi connectivity index (χ2n) is 6.47. The first-order valence-electron chi connectivity index (χ1n) is 8.78. The Morgan fingerprint density at radius 2 is 2.00 bits per heavy atom. The van der Waals surface area contributed by atoms with E-state index in [1.807, 2.05) is 30.3 Å². The molecular formula is C19H20N4O3. The lowest BCUT2D eigenvalue weighted by atomic mass is 10.1. The summed E-state index contributed by atoms with van der Waals surface area (Å²) in [5.74, 6) is 1.04. The van der Waals surface area contributed by atoms with Gasteiger partial charge in [-0.25, -0.2) is 9.78 Å². The van der Waals surface area contributed by atoms with Gasteiger partial charge in [0.2, 0.25) is 0 Å². The van der Waals surface area contributed by atoms with E-state index in [-0.39, 0.29) is 5.89 Å². The zero-order chi connectivity index (χ0) is 18.1. The van der Waals surface area contributed by atoms with E-state index < -0.39 is 12.1 Å². The zero-order valence-electron chi connectivity index (χ0n) is 14.8. The third kappa shape index (κ3) is 3.12. The van der Waals surface area contributed by atoms with Crippen LogP contribution in [0.3, 0.4) is 0 Å². The van der Waals surface area contributed by atoms with Crippen molar-refractivity contribution >= 4 is 22.7 Å². The van der Waals surface area contributed by atoms with Gasteiger partial charge in [-0.15, -0.1) is 0 Å². The molecule has 7 nitrogen and oxygen atoms in total. The fourth-order valence-electron chi connectivity index (χ4n) is 3.18. The standard InChI is InChI=1S/C19H20N4O3/c1-12(18-20-13(2)22-26-18)25-19(24)15-11-14-7-3-4-8-16(14)21-17(15)23-9-5-6-10-23/h3-4,7-8,11-12H,5-6,9-10H2,1-2H3. The van der Waals surface area contributed by atoms with E-state index in [2.05, 4.69) is 15.0 Å². The quantitative estimate of drug-likeness (QED) is 0.665. The Bertz CT molecular complexity index is 947. The molecule has 0 bridgehead atoms. The highest BCUT2D eigenvalue weighted by atomic mass is 16.6. The molecule has 1 aliphatic heterocycles. The number of aryl methyl sites for hydroxylation is 1. The molecule has 0 aliphatic carbocycles. The van der Waals surface area contributed by atoms with Crippen LogP contribution in [0.4, 0.5) is 5.82 Å². The predicted octanol–water partition coefficient (Wildman–Crippen LogP) is 3.44. The number of hydrogen-bond acceptors (Lipinski definition) is 7. The van der Waals surface area contributed by atoms with Gasteiger partial charge in [0.1, 0.15) is 11.4 Å². The summed E-state index contributed by atoms with van der Waals surface area (Å²) in [5.41, 5.74) is 1.33. The number of aromatic nitrogens is 3. The van der Waals surface area contributed by atoms with Crippen LogP contribution in [0.5, 0.6) is 0 Å². The molecule has 1 aromatic carbocycles. The first kappa shape index (κ1) is 16.5. The molecule has 0 saturated carbocycles. The van der Waals surface area contributed by atoms with Crippen molar-refractivity contribution in [2.24, 2.45) is 0 Å². The summed E-state index contributed by atoms with van der Waals surface area (Å²) < 4.78 is 10.7. The normalized spacial score (nSPS) is 15.4. The number of carbonyl (C=O) groups is 1. The highest BCUT2D eigenvalue weighted by molar-refractivity contribution is 5.99. The summed E-state index contributed by atoms with van der Waals surface area (Å²) in [6, 6.07) is 9.62. The van der Waals surface area contributed by atoms with Crippen molar-refractivity contribution in [3.8, 4) is 0 Å². The molecule has 4 rings (SSSR count). The summed E-state index contributed by atoms with van der Waals surface area (Å²) in [6.07, 6.45) is 1.57. The molecular weight excluding hydrogens is 332 g/mol. The Hall–Kier alpha value is -2.96. The molecule has 3 aromatic rings. The number of para-hydroxylation sites is 1. The second kappa shape index (κ2) is 6.74. The lowest BCUT2D eigenvalue weighted by Crippen LogP contribution is -2.23. The Kier molecular flexibility index (Phi) is 4.28. The van der Waals surface area contributed by atoms with Crippen molar-refractivity contribution in [3.63, 3.8) is 0 Å². The Morgan fingerprint density at radius 3 is 2.73 bits per heavy atom. The van der Waals surface area contributed by atoms with Crippen LogP contribution < -0.4 is 4.90 Å². The van der Waals surface area contributed by atoms with Crippen LogP contribution in [-0.4, -0.2) is 34.2 Å². The van der Waals surface area contributed by atoms with Gasteiger partial charge in [-0.05, 0) is 38.8 Å². The number of nitrogens with zero attached hydrogens (tertiary/aromatic N) is 4. The first-order chi connectivity index (χ1) is 12.6. The maximum absolute atomic E-state index is 12.9. The number of anilines is 1. The van der Waals surface area contributed by atoms with Crippen molar-refractivity contribution in [2.45, 2.75) is 32.8 Å². The largest absolute Gasteiger partial charge is 0.449 e. The van der Waals surface area contributed by atoms with Gasteiger partial charge in [0.15, 0.2) is 11.9 Å². The van der Waals surface area contributed by atoms with Gasteiger partial charge in [0.05, 0.1) is 5.52 Å². The fourth-order valence-corrected chi connectivity index (χ4v) is 3.18. The van der Waals surface area contributed by atoms with E-state index in [4.69, 9.17) is 14.2 Å². The summed E-state index contributed by atoms with van der Waals surface area (Å²) >= 11 is 0. The van der Waals surface area contributed by atoms with Crippen LogP contribution in [0.15, 0.2) is 34.9 Å². The summed E-state index contributed by atoms with van der Waals surface area (Å²) in [6.45, 7) is 5.23. The number of esters is 1. The second-order valence-corrected chi connectivity index (χ2v) is 6.47. The minimum Gasteiger partial charge on any atom is -0.449 e. The van der Waals surface area contributed by atoms with Gasteiger partial charge in [-0.2, -0.15) is 4.98 Å². The number of ether oxygens (including phenoxy) is 1. The summed E-state index contributed by atoms with van der Waals surface area (Å²) in [5, 5.41) is 4.65. The van der Waals surface area contributed by atoms with Gasteiger partial charge < -0.3 is 14.2 Å². The van der Waals surface area contributed by atoms with Crippen molar-refractivity contribution in [3.05, 3.63) is 47.6 Å². The minimum atomic E-state index is -0.624. The number of carbonyl (C=O) groups excluding carboxylic acids is 1. The maximum atomic E-state index is 12.9. The SMILES string of the molecule is Cc1noc(C(C)OC(=O)c2cc3ccccc3nc2N2CCCC2)n1. The molecule has 0 spiro atoms. The molecule has 3 heterocycles. The molecule has 1 unspecified atom stereocenters. The van der Waals surface area contributed by atoms with E-state index in [0.29, 0.717) is 17.2 Å². The molecule has 1 fully saturated rings. The number of fused-ring (bicyclic) bond motifs is 1. The van der Waals surface area contributed by atoms with Gasteiger partial charge in [-0.1, -0.05) is 23.4 Å². The average molecular weight is 352 g/mol. The highest BCUT2D eigenvalue weighted by Crippen LogP contribution is 2.28. The van der Waals surface area contributed by atoms with Crippen LogP contribution in [0.25, 0.3) is 10.9 Å². The van der Waals surface area contributed by atoms with Crippen LogP contribution in [0, 0.1) is 6.92 Å². The van der Waals surface area contributed by atoms with Gasteiger partial charge in [0, 0.05) is 18.5 Å². The minimum absolute atomic E-state index is 0.285. The van der Waals surface area contributed by atoms with Gasteiger partial charge in [-0.3, -0.25) is 0 Å². The van der Waals surface area contributed by atoms with Crippen LogP contribution in [0.2, 0.25) is 0 Å². The summed E-state index contributed by atoms with van der Waals surface area (Å²) in [7, 11) is 0. The molecule has 26 heavy (non-hydrogen) atoms. The fraction of sp³-hybridized carbons (Fsp3) is 0.368. The molecule has 0 N–H and O–H groups in total. The molecule has 0 amide bonds. The topological polar surface area (TPSA) is 81.3 Å². The molecule has 134 valence electrons. The molecule has 1 aliphatic rings. The third-order valence-corrected chi connectivity index (χ3v) is 4.50. The van der Waals surface area contributed by atoms with Crippen molar-refractivity contribution in [1.29, 1.82) is 0 Å². The smallest absolute Gasteiger partial charge is 0.342 e. The van der Waals surface area contributed by atoms with Crippen LogP contribution in [-0.2, 0) is 4.74 Å². The number of hydrogen-bond donors (Lipinski definition) is 0. The van der Waals surface area contributed by atoms with Crippen molar-refractivity contribution in [2.75, 3.05) is 18.0 Å². The molecule has 1 atom stereocenters. The van der Waals surface area contributed by atoms with E-state index in [1.54, 1.807) is 13.8 Å². The van der Waals surface area contributed by atoms with Crippen LogP contribution >= 0.6 is 0 Å². The third-order valence-electron chi connectivity index (χ3n) is 4.50. The van der Waals surface area contributed by atoms with E-state index in [9.17, 15) is 4.79 Å². The predicted molar refractivity (Wildman–Crippen MR) is 96.1 cm³/mol. The zero-order valence-corrected chi connectivity index (χ0v) is 14.8. The Labute approximate surface area is 151 Å². The van der Waals surface area contributed by atoms with Crippen molar-refractivity contribution < 1.29 is 14.1 Å².